The zero-order valence-electron chi connectivity index (χ0n) is 14.3. The Hall–Kier alpha value is 0.0969. The highest BCUT2D eigenvalue weighted by Crippen LogP contribution is 2.16. The maximum atomic E-state index is 6.05. The predicted molar refractivity (Wildman–Crippen MR) is 83.3 cm³/mol. The third-order valence-corrected chi connectivity index (χ3v) is 5.75. The van der Waals surface area contributed by atoms with Crippen LogP contribution in [0.15, 0.2) is 0 Å². The molecule has 0 fully saturated rings. The highest BCUT2D eigenvalue weighted by molar-refractivity contribution is 6.36. The lowest BCUT2D eigenvalue weighted by atomic mass is 10.1. The quantitative estimate of drug-likeness (QED) is 0.603. The van der Waals surface area contributed by atoms with E-state index in [1.54, 1.807) is 0 Å². The van der Waals surface area contributed by atoms with E-state index >= 15 is 0 Å². The van der Waals surface area contributed by atoms with E-state index in [-0.39, 0.29) is 18.3 Å². The van der Waals surface area contributed by atoms with Gasteiger partial charge in [0.05, 0.1) is 0 Å². The minimum atomic E-state index is -2.08. The van der Waals surface area contributed by atoms with Crippen molar-refractivity contribution < 1.29 is 13.3 Å². The summed E-state index contributed by atoms with van der Waals surface area (Å²) in [6.07, 6.45) is 0.529. The SMILES string of the molecule is CC(C)C(C)O[SiH](OC(C)C(C)C)OC(C)C(C)C. The van der Waals surface area contributed by atoms with Crippen molar-refractivity contribution in [1.82, 2.24) is 0 Å². The van der Waals surface area contributed by atoms with Crippen LogP contribution in [0.5, 0.6) is 0 Å². The molecule has 0 aromatic heterocycles. The minimum absolute atomic E-state index is 0.176. The molecule has 0 saturated carbocycles. The second kappa shape index (κ2) is 9.11. The van der Waals surface area contributed by atoms with Crippen LogP contribution in [0.1, 0.15) is 62.3 Å². The Bertz CT molecular complexity index is 193. The van der Waals surface area contributed by atoms with Crippen molar-refractivity contribution in [3.8, 4) is 0 Å². The van der Waals surface area contributed by atoms with Crippen LogP contribution in [0, 0.1) is 17.8 Å². The van der Waals surface area contributed by atoms with Crippen molar-refractivity contribution in [2.75, 3.05) is 0 Å². The van der Waals surface area contributed by atoms with Crippen molar-refractivity contribution in [3.63, 3.8) is 0 Å². The van der Waals surface area contributed by atoms with Crippen LogP contribution < -0.4 is 0 Å². The van der Waals surface area contributed by atoms with Gasteiger partial charge in [-0.25, -0.2) is 0 Å². The summed E-state index contributed by atoms with van der Waals surface area (Å²) in [5.74, 6) is 1.43. The molecule has 0 N–H and O–H groups in total. The van der Waals surface area contributed by atoms with Gasteiger partial charge in [-0.3, -0.25) is 0 Å². The first-order chi connectivity index (χ1) is 8.65. The Labute approximate surface area is 122 Å². The molecular formula is C15H34O3Si. The second-order valence-corrected chi connectivity index (χ2v) is 7.94. The maximum Gasteiger partial charge on any atom is 0.484 e. The van der Waals surface area contributed by atoms with Gasteiger partial charge in [0.1, 0.15) is 0 Å². The van der Waals surface area contributed by atoms with Gasteiger partial charge in [-0.2, -0.15) is 0 Å². The highest BCUT2D eigenvalue weighted by Gasteiger charge is 2.27. The van der Waals surface area contributed by atoms with E-state index in [4.69, 9.17) is 13.3 Å². The summed E-state index contributed by atoms with van der Waals surface area (Å²) in [6, 6.07) is 0. The average molecular weight is 291 g/mol. The van der Waals surface area contributed by atoms with Crippen LogP contribution in [0.3, 0.4) is 0 Å². The van der Waals surface area contributed by atoms with Crippen molar-refractivity contribution in [3.05, 3.63) is 0 Å². The fraction of sp³-hybridized carbons (Fsp3) is 1.00. The van der Waals surface area contributed by atoms with E-state index < -0.39 is 9.53 Å². The normalized spacial score (nSPS) is 18.9. The first kappa shape index (κ1) is 19.1. The van der Waals surface area contributed by atoms with Gasteiger partial charge >= 0.3 is 9.53 Å². The van der Waals surface area contributed by atoms with Crippen molar-refractivity contribution in [2.45, 2.75) is 80.6 Å². The molecule has 0 saturated heterocycles. The van der Waals surface area contributed by atoms with Gasteiger partial charge in [-0.15, -0.1) is 0 Å². The fourth-order valence-corrected chi connectivity index (χ4v) is 3.28. The van der Waals surface area contributed by atoms with Gasteiger partial charge in [0.2, 0.25) is 0 Å². The molecule has 3 atom stereocenters. The Morgan fingerprint density at radius 3 is 0.842 bits per heavy atom. The standard InChI is InChI=1S/C15H34O3Si/c1-10(2)13(7)16-19(17-14(8)11(3)4)18-15(9)12(5)6/h10-15,19H,1-9H3. The van der Waals surface area contributed by atoms with Crippen LogP contribution in [0.2, 0.25) is 0 Å². The second-order valence-electron chi connectivity index (χ2n) is 6.54. The largest absolute Gasteiger partial charge is 0.484 e. The third-order valence-electron chi connectivity index (χ3n) is 3.79. The summed E-state index contributed by atoms with van der Waals surface area (Å²) < 4.78 is 18.1. The molecule has 0 aliphatic rings. The molecule has 0 aromatic carbocycles. The molecular weight excluding hydrogens is 256 g/mol. The van der Waals surface area contributed by atoms with Crippen molar-refractivity contribution in [2.24, 2.45) is 17.8 Å². The Balaban J connectivity index is 4.54. The molecule has 0 bridgehead atoms. The summed E-state index contributed by atoms with van der Waals surface area (Å²) >= 11 is 0. The summed E-state index contributed by atoms with van der Waals surface area (Å²) in [7, 11) is -2.08. The lowest BCUT2D eigenvalue weighted by Gasteiger charge is -2.30. The topological polar surface area (TPSA) is 27.7 Å². The van der Waals surface area contributed by atoms with E-state index in [1.807, 2.05) is 0 Å². The molecule has 0 radical (unpaired) electrons. The predicted octanol–water partition coefficient (Wildman–Crippen LogP) is 3.89. The van der Waals surface area contributed by atoms with Crippen LogP contribution in [0.25, 0.3) is 0 Å². The lowest BCUT2D eigenvalue weighted by molar-refractivity contribution is -0.00951. The molecule has 116 valence electrons. The molecule has 0 aromatic rings. The van der Waals surface area contributed by atoms with Crippen LogP contribution in [-0.4, -0.2) is 27.8 Å². The summed E-state index contributed by atoms with van der Waals surface area (Å²) in [5, 5.41) is 0. The van der Waals surface area contributed by atoms with Crippen LogP contribution in [0.4, 0.5) is 0 Å². The maximum absolute atomic E-state index is 6.05. The molecule has 3 unspecified atom stereocenters. The molecule has 0 spiro atoms. The van der Waals surface area contributed by atoms with Crippen molar-refractivity contribution in [1.29, 1.82) is 0 Å². The number of hydrogen-bond donors (Lipinski definition) is 0. The lowest BCUT2D eigenvalue weighted by Crippen LogP contribution is -2.40. The molecule has 0 rings (SSSR count). The van der Waals surface area contributed by atoms with Gasteiger partial charge in [-0.05, 0) is 38.5 Å². The highest BCUT2D eigenvalue weighted by atomic mass is 28.3. The van der Waals surface area contributed by atoms with E-state index in [2.05, 4.69) is 62.3 Å². The molecule has 0 aliphatic carbocycles. The molecule has 4 heteroatoms. The summed E-state index contributed by atoms with van der Waals surface area (Å²) in [4.78, 5) is 0. The van der Waals surface area contributed by atoms with Gasteiger partial charge < -0.3 is 13.3 Å². The van der Waals surface area contributed by atoms with Crippen molar-refractivity contribution >= 4 is 9.53 Å². The minimum Gasteiger partial charge on any atom is -0.373 e. The summed E-state index contributed by atoms with van der Waals surface area (Å²) in [5.41, 5.74) is 0. The monoisotopic (exact) mass is 290 g/mol. The van der Waals surface area contributed by atoms with E-state index in [0.717, 1.165) is 0 Å². The van der Waals surface area contributed by atoms with E-state index in [0.29, 0.717) is 17.8 Å². The average Bonchev–Trinajstić information content (AvgIpc) is 2.27. The summed E-state index contributed by atoms with van der Waals surface area (Å²) in [6.45, 7) is 19.2. The molecule has 3 nitrogen and oxygen atoms in total. The Morgan fingerprint density at radius 2 is 0.684 bits per heavy atom. The van der Waals surface area contributed by atoms with Gasteiger partial charge in [0.25, 0.3) is 0 Å². The number of hydrogen-bond acceptors (Lipinski definition) is 3. The van der Waals surface area contributed by atoms with Gasteiger partial charge in [0.15, 0.2) is 0 Å². The molecule has 0 heterocycles. The smallest absolute Gasteiger partial charge is 0.373 e. The number of rotatable bonds is 9. The van der Waals surface area contributed by atoms with E-state index in [9.17, 15) is 0 Å². The fourth-order valence-electron chi connectivity index (χ4n) is 1.09. The Morgan fingerprint density at radius 1 is 0.474 bits per heavy atom. The third kappa shape index (κ3) is 8.08. The Kier molecular flexibility index (Phi) is 9.16. The molecule has 0 amide bonds. The zero-order chi connectivity index (χ0) is 15.2. The van der Waals surface area contributed by atoms with Gasteiger partial charge in [0, 0.05) is 18.3 Å². The first-order valence-electron chi connectivity index (χ1n) is 7.61. The van der Waals surface area contributed by atoms with Gasteiger partial charge in [-0.1, -0.05) is 41.5 Å². The molecule has 0 aliphatic heterocycles. The molecule has 19 heavy (non-hydrogen) atoms. The first-order valence-corrected chi connectivity index (χ1v) is 9.02. The van der Waals surface area contributed by atoms with Crippen LogP contribution in [-0.2, 0) is 13.3 Å². The van der Waals surface area contributed by atoms with Crippen LogP contribution >= 0.6 is 0 Å². The zero-order valence-corrected chi connectivity index (χ0v) is 15.4. The van der Waals surface area contributed by atoms with E-state index in [1.165, 1.54) is 0 Å².